The zero-order valence-electron chi connectivity index (χ0n) is 11.1. The van der Waals surface area contributed by atoms with Crippen LogP contribution in [0.25, 0.3) is 0 Å². The molecule has 1 amide bonds. The summed E-state index contributed by atoms with van der Waals surface area (Å²) < 4.78 is 5.36. The predicted molar refractivity (Wildman–Crippen MR) is 71.4 cm³/mol. The molecule has 3 fully saturated rings. The molecule has 4 heteroatoms. The number of ether oxygens (including phenoxy) is 1. The maximum absolute atomic E-state index is 12.4. The van der Waals surface area contributed by atoms with Gasteiger partial charge in [0.1, 0.15) is 6.10 Å². The van der Waals surface area contributed by atoms with E-state index in [9.17, 15) is 9.59 Å². The average Bonchev–Trinajstić information content (AvgIpc) is 3.07. The van der Waals surface area contributed by atoms with Crippen molar-refractivity contribution in [1.29, 1.82) is 0 Å². The zero-order chi connectivity index (χ0) is 13.7. The molecule has 2 bridgehead atoms. The lowest BCUT2D eigenvalue weighted by Gasteiger charge is -2.23. The first-order valence-electron chi connectivity index (χ1n) is 7.26. The molecule has 1 saturated heterocycles. The fourth-order valence-electron chi connectivity index (χ4n) is 4.27. The van der Waals surface area contributed by atoms with Gasteiger partial charge in [-0.3, -0.25) is 9.59 Å². The first-order chi connectivity index (χ1) is 9.74. The summed E-state index contributed by atoms with van der Waals surface area (Å²) >= 11 is 0. The summed E-state index contributed by atoms with van der Waals surface area (Å²) in [6, 6.07) is 9.84. The third kappa shape index (κ3) is 1.67. The number of nitrogens with one attached hydrogen (secondary N) is 1. The van der Waals surface area contributed by atoms with E-state index in [2.05, 4.69) is 5.32 Å². The van der Waals surface area contributed by atoms with Crippen molar-refractivity contribution in [3.63, 3.8) is 0 Å². The van der Waals surface area contributed by atoms with Gasteiger partial charge in [-0.05, 0) is 24.3 Å². The van der Waals surface area contributed by atoms with E-state index in [4.69, 9.17) is 4.74 Å². The lowest BCUT2D eigenvalue weighted by atomic mass is 9.79. The van der Waals surface area contributed by atoms with E-state index in [1.807, 2.05) is 30.3 Å². The second-order valence-corrected chi connectivity index (χ2v) is 6.13. The summed E-state index contributed by atoms with van der Waals surface area (Å²) in [5.74, 6) is 0.130. The van der Waals surface area contributed by atoms with Crippen molar-refractivity contribution in [1.82, 2.24) is 5.32 Å². The monoisotopic (exact) mass is 271 g/mol. The van der Waals surface area contributed by atoms with Crippen molar-refractivity contribution in [2.24, 2.45) is 23.7 Å². The Morgan fingerprint density at radius 1 is 1.25 bits per heavy atom. The van der Waals surface area contributed by atoms with E-state index in [-0.39, 0.29) is 29.8 Å². The van der Waals surface area contributed by atoms with Gasteiger partial charge in [-0.2, -0.15) is 0 Å². The Morgan fingerprint density at radius 2 is 2.05 bits per heavy atom. The number of carbonyl (C=O) groups is 2. The molecule has 0 spiro atoms. The number of fused-ring (bicyclic) bond motifs is 1. The fourth-order valence-corrected chi connectivity index (χ4v) is 4.27. The van der Waals surface area contributed by atoms with Crippen LogP contribution < -0.4 is 5.32 Å². The van der Waals surface area contributed by atoms with Gasteiger partial charge in [0.2, 0.25) is 5.91 Å². The number of benzene rings is 1. The summed E-state index contributed by atoms with van der Waals surface area (Å²) in [6.45, 7) is 0.527. The third-order valence-corrected chi connectivity index (χ3v) is 5.10. The highest BCUT2D eigenvalue weighted by Gasteiger charge is 2.63. The number of esters is 1. The predicted octanol–water partition coefficient (Wildman–Crippen LogP) is 1.50. The lowest BCUT2D eigenvalue weighted by molar-refractivity contribution is -0.146. The van der Waals surface area contributed by atoms with Crippen LogP contribution in [-0.4, -0.2) is 18.0 Å². The topological polar surface area (TPSA) is 55.4 Å². The van der Waals surface area contributed by atoms with Gasteiger partial charge >= 0.3 is 5.97 Å². The Morgan fingerprint density at radius 3 is 2.85 bits per heavy atom. The number of hydrogen-bond donors (Lipinski definition) is 1. The Balaban J connectivity index is 1.46. The Kier molecular flexibility index (Phi) is 2.59. The number of hydrogen-bond acceptors (Lipinski definition) is 3. The van der Waals surface area contributed by atoms with Crippen molar-refractivity contribution in [3.05, 3.63) is 35.9 Å². The number of rotatable bonds is 3. The van der Waals surface area contributed by atoms with Crippen LogP contribution in [0.5, 0.6) is 0 Å². The molecule has 0 unspecified atom stereocenters. The Hall–Kier alpha value is -1.84. The second-order valence-electron chi connectivity index (χ2n) is 6.13. The van der Waals surface area contributed by atoms with Crippen molar-refractivity contribution >= 4 is 11.9 Å². The highest BCUT2D eigenvalue weighted by Crippen LogP contribution is 2.57. The van der Waals surface area contributed by atoms with Crippen LogP contribution in [0.2, 0.25) is 0 Å². The zero-order valence-corrected chi connectivity index (χ0v) is 11.1. The molecular formula is C16H17NO3. The van der Waals surface area contributed by atoms with Crippen LogP contribution in [0.4, 0.5) is 0 Å². The quantitative estimate of drug-likeness (QED) is 0.848. The Bertz CT molecular complexity index is 554. The van der Waals surface area contributed by atoms with Crippen LogP contribution in [-0.2, 0) is 20.9 Å². The van der Waals surface area contributed by atoms with Crippen molar-refractivity contribution in [2.45, 2.75) is 25.5 Å². The largest absolute Gasteiger partial charge is 0.462 e. The molecule has 3 aliphatic rings. The van der Waals surface area contributed by atoms with E-state index in [0.29, 0.717) is 18.4 Å². The smallest absolute Gasteiger partial charge is 0.310 e. The van der Waals surface area contributed by atoms with Gasteiger partial charge < -0.3 is 10.1 Å². The van der Waals surface area contributed by atoms with E-state index >= 15 is 0 Å². The third-order valence-electron chi connectivity index (χ3n) is 5.10. The van der Waals surface area contributed by atoms with E-state index in [1.54, 1.807) is 0 Å². The molecule has 2 saturated carbocycles. The highest BCUT2D eigenvalue weighted by molar-refractivity contribution is 5.88. The summed E-state index contributed by atoms with van der Waals surface area (Å²) in [5, 5.41) is 2.98. The first kappa shape index (κ1) is 11.9. The molecule has 0 aromatic heterocycles. The van der Waals surface area contributed by atoms with Gasteiger partial charge in [-0.1, -0.05) is 30.3 Å². The molecule has 1 heterocycles. The summed E-state index contributed by atoms with van der Waals surface area (Å²) in [4.78, 5) is 24.3. The van der Waals surface area contributed by atoms with E-state index in [0.717, 1.165) is 18.4 Å². The van der Waals surface area contributed by atoms with Crippen molar-refractivity contribution in [2.75, 3.05) is 0 Å². The van der Waals surface area contributed by atoms with Gasteiger partial charge in [-0.15, -0.1) is 0 Å². The van der Waals surface area contributed by atoms with Crippen LogP contribution in [0.1, 0.15) is 18.4 Å². The minimum atomic E-state index is -0.186. The fraction of sp³-hybridized carbons (Fsp3) is 0.500. The van der Waals surface area contributed by atoms with E-state index < -0.39 is 0 Å². The summed E-state index contributed by atoms with van der Waals surface area (Å²) in [7, 11) is 0. The molecule has 1 aromatic carbocycles. The maximum Gasteiger partial charge on any atom is 0.310 e. The van der Waals surface area contributed by atoms with Crippen LogP contribution >= 0.6 is 0 Å². The summed E-state index contributed by atoms with van der Waals surface area (Å²) in [5.41, 5.74) is 1.08. The van der Waals surface area contributed by atoms with Gasteiger partial charge in [-0.25, -0.2) is 0 Å². The normalized spacial score (nSPS) is 37.0. The molecule has 1 aliphatic heterocycles. The molecule has 1 N–H and O–H groups in total. The minimum absolute atomic E-state index is 0.0173. The van der Waals surface area contributed by atoms with Gasteiger partial charge in [0.25, 0.3) is 0 Å². The second kappa shape index (κ2) is 4.33. The van der Waals surface area contributed by atoms with Crippen LogP contribution in [0.3, 0.4) is 0 Å². The highest BCUT2D eigenvalue weighted by atomic mass is 16.6. The van der Waals surface area contributed by atoms with Gasteiger partial charge in [0.15, 0.2) is 0 Å². The molecule has 0 radical (unpaired) electrons. The molecule has 2 aliphatic carbocycles. The van der Waals surface area contributed by atoms with Crippen molar-refractivity contribution in [3.8, 4) is 0 Å². The van der Waals surface area contributed by atoms with Gasteiger partial charge in [0.05, 0.1) is 11.8 Å². The van der Waals surface area contributed by atoms with Crippen molar-refractivity contribution < 1.29 is 14.3 Å². The maximum atomic E-state index is 12.4. The molecule has 5 atom stereocenters. The number of carbonyl (C=O) groups excluding carboxylic acids is 2. The minimum Gasteiger partial charge on any atom is -0.462 e. The molecule has 4 rings (SSSR count). The average molecular weight is 271 g/mol. The molecule has 104 valence electrons. The lowest BCUT2D eigenvalue weighted by Crippen LogP contribution is -2.39. The van der Waals surface area contributed by atoms with Crippen LogP contribution in [0.15, 0.2) is 30.3 Å². The molecular weight excluding hydrogens is 254 g/mol. The molecule has 20 heavy (non-hydrogen) atoms. The molecule has 4 nitrogen and oxygen atoms in total. The first-order valence-corrected chi connectivity index (χ1v) is 7.26. The standard InChI is InChI=1S/C16H17NO3/c18-15(17-8-9-4-2-1-3-5-9)13-10-6-11-12(7-10)20-16(19)14(11)13/h1-5,10-14H,6-8H2,(H,17,18)/t10-,11+,12+,13-,14-/m1/s1. The Labute approximate surface area is 117 Å². The van der Waals surface area contributed by atoms with Crippen LogP contribution in [0, 0.1) is 23.7 Å². The SMILES string of the molecule is O=C(NCc1ccccc1)[C@@H]1[C@@H]2C[C@@H]3[C@H]1C(=O)O[C@H]3C2. The van der Waals surface area contributed by atoms with E-state index in [1.165, 1.54) is 0 Å². The molecule has 1 aromatic rings. The number of amides is 1. The summed E-state index contributed by atoms with van der Waals surface area (Å²) in [6.07, 6.45) is 1.94. The van der Waals surface area contributed by atoms with Gasteiger partial charge in [0, 0.05) is 12.5 Å².